The largest absolute Gasteiger partial charge is 0.269 e. The van der Waals surface area contributed by atoms with Crippen molar-refractivity contribution in [3.05, 3.63) is 0 Å². The fraction of sp³-hybridized carbons (Fsp3) is 0.750. The van der Waals surface area contributed by atoms with Gasteiger partial charge in [-0.2, -0.15) is 0 Å². The van der Waals surface area contributed by atoms with Crippen molar-refractivity contribution in [2.24, 2.45) is 4.99 Å². The first kappa shape index (κ1) is 5.12. The number of rotatable bonds is 1. The van der Waals surface area contributed by atoms with Crippen LogP contribution >= 0.6 is 11.9 Å². The Balaban J connectivity index is 2.22. The molecule has 3 heteroatoms. The molecule has 0 aromatic carbocycles. The molecule has 1 aliphatic rings. The second-order valence-electron chi connectivity index (χ2n) is 1.33. The lowest BCUT2D eigenvalue weighted by molar-refractivity contribution is 0.527. The van der Waals surface area contributed by atoms with Gasteiger partial charge in [0.25, 0.3) is 0 Å². The Labute approximate surface area is 47.7 Å². The summed E-state index contributed by atoms with van der Waals surface area (Å²) < 4.78 is 2.18. The molecule has 40 valence electrons. The lowest BCUT2D eigenvalue weighted by Crippen LogP contribution is -2.09. The van der Waals surface area contributed by atoms with Gasteiger partial charge in [-0.15, -0.1) is 0 Å². The second-order valence-corrected chi connectivity index (χ2v) is 2.27. The molecule has 0 amide bonds. The van der Waals surface area contributed by atoms with Crippen LogP contribution in [0.15, 0.2) is 4.99 Å². The third-order valence-corrected chi connectivity index (χ3v) is 1.78. The highest BCUT2D eigenvalue weighted by molar-refractivity contribution is 8.10. The van der Waals surface area contributed by atoms with Crippen molar-refractivity contribution in [2.75, 3.05) is 13.2 Å². The molecule has 0 fully saturated rings. The SMILES string of the molecule is CCN1CN=CS1. The average molecular weight is 116 g/mol. The lowest BCUT2D eigenvalue weighted by atomic mass is 10.7. The minimum absolute atomic E-state index is 0.876. The Morgan fingerprint density at radius 1 is 2.00 bits per heavy atom. The summed E-state index contributed by atoms with van der Waals surface area (Å²) >= 11 is 1.68. The van der Waals surface area contributed by atoms with E-state index in [1.807, 2.05) is 5.55 Å². The smallest absolute Gasteiger partial charge is 0.101 e. The molecule has 1 aliphatic heterocycles. The summed E-state index contributed by atoms with van der Waals surface area (Å²) in [5.41, 5.74) is 1.88. The van der Waals surface area contributed by atoms with E-state index in [2.05, 4.69) is 16.2 Å². The minimum atomic E-state index is 0.876. The van der Waals surface area contributed by atoms with E-state index >= 15 is 0 Å². The number of nitrogens with zero attached hydrogens (tertiary/aromatic N) is 2. The highest BCUT2D eigenvalue weighted by Crippen LogP contribution is 2.10. The van der Waals surface area contributed by atoms with Gasteiger partial charge < -0.3 is 0 Å². The number of hydrogen-bond donors (Lipinski definition) is 0. The van der Waals surface area contributed by atoms with E-state index in [4.69, 9.17) is 0 Å². The summed E-state index contributed by atoms with van der Waals surface area (Å²) in [6, 6.07) is 0. The van der Waals surface area contributed by atoms with Crippen LogP contribution in [-0.4, -0.2) is 23.1 Å². The molecular formula is C4H8N2S. The Bertz CT molecular complexity index is 73.8. The Morgan fingerprint density at radius 2 is 2.86 bits per heavy atom. The summed E-state index contributed by atoms with van der Waals surface area (Å²) in [4.78, 5) is 4.00. The normalized spacial score (nSPS) is 21.3. The van der Waals surface area contributed by atoms with Crippen LogP contribution in [0.4, 0.5) is 0 Å². The van der Waals surface area contributed by atoms with Crippen LogP contribution in [0.1, 0.15) is 6.92 Å². The third-order valence-electron chi connectivity index (χ3n) is 0.863. The van der Waals surface area contributed by atoms with Crippen molar-refractivity contribution in [3.8, 4) is 0 Å². The fourth-order valence-electron chi connectivity index (χ4n) is 0.432. The maximum atomic E-state index is 4.00. The first-order valence-electron chi connectivity index (χ1n) is 2.33. The van der Waals surface area contributed by atoms with Crippen LogP contribution < -0.4 is 0 Å². The molecule has 0 spiro atoms. The van der Waals surface area contributed by atoms with E-state index in [1.165, 1.54) is 0 Å². The van der Waals surface area contributed by atoms with Crippen molar-refractivity contribution < 1.29 is 0 Å². The van der Waals surface area contributed by atoms with E-state index in [9.17, 15) is 0 Å². The average Bonchev–Trinajstić information content (AvgIpc) is 2.14. The maximum absolute atomic E-state index is 4.00. The van der Waals surface area contributed by atoms with Crippen molar-refractivity contribution in [1.82, 2.24) is 4.31 Å². The van der Waals surface area contributed by atoms with Gasteiger partial charge in [0.1, 0.15) is 6.67 Å². The first-order valence-corrected chi connectivity index (χ1v) is 3.17. The Morgan fingerprint density at radius 3 is 3.14 bits per heavy atom. The predicted octanol–water partition coefficient (Wildman–Crippen LogP) is 0.956. The van der Waals surface area contributed by atoms with Crippen LogP contribution in [0.3, 0.4) is 0 Å². The van der Waals surface area contributed by atoms with Crippen LogP contribution in [0.25, 0.3) is 0 Å². The topological polar surface area (TPSA) is 15.6 Å². The predicted molar refractivity (Wildman–Crippen MR) is 33.3 cm³/mol. The van der Waals surface area contributed by atoms with Gasteiger partial charge in [-0.3, -0.25) is 4.99 Å². The zero-order chi connectivity index (χ0) is 5.11. The van der Waals surface area contributed by atoms with Crippen molar-refractivity contribution in [1.29, 1.82) is 0 Å². The molecular weight excluding hydrogens is 108 g/mol. The number of hydrogen-bond acceptors (Lipinski definition) is 3. The molecule has 0 atom stereocenters. The molecule has 0 aliphatic carbocycles. The lowest BCUT2D eigenvalue weighted by Gasteiger charge is -2.04. The van der Waals surface area contributed by atoms with Crippen LogP contribution in [0.2, 0.25) is 0 Å². The van der Waals surface area contributed by atoms with E-state index in [-0.39, 0.29) is 0 Å². The molecule has 0 aromatic heterocycles. The van der Waals surface area contributed by atoms with Crippen molar-refractivity contribution >= 4 is 17.5 Å². The number of aliphatic imine (C=N–C) groups is 1. The van der Waals surface area contributed by atoms with Crippen LogP contribution in [0, 0.1) is 0 Å². The van der Waals surface area contributed by atoms with Crippen LogP contribution in [0.5, 0.6) is 0 Å². The van der Waals surface area contributed by atoms with Gasteiger partial charge in [0.2, 0.25) is 0 Å². The zero-order valence-corrected chi connectivity index (χ0v) is 5.11. The molecule has 7 heavy (non-hydrogen) atoms. The monoisotopic (exact) mass is 116 g/mol. The molecule has 0 saturated heterocycles. The molecule has 0 aromatic rings. The maximum Gasteiger partial charge on any atom is 0.101 e. The van der Waals surface area contributed by atoms with E-state index < -0.39 is 0 Å². The highest BCUT2D eigenvalue weighted by Gasteiger charge is 2.02. The van der Waals surface area contributed by atoms with Gasteiger partial charge in [-0.25, -0.2) is 4.31 Å². The van der Waals surface area contributed by atoms with Gasteiger partial charge >= 0.3 is 0 Å². The van der Waals surface area contributed by atoms with Crippen molar-refractivity contribution in [3.63, 3.8) is 0 Å². The molecule has 0 unspecified atom stereocenters. The van der Waals surface area contributed by atoms with Gasteiger partial charge in [-0.05, 0) is 11.9 Å². The molecule has 0 bridgehead atoms. The van der Waals surface area contributed by atoms with E-state index in [0.717, 1.165) is 13.2 Å². The van der Waals surface area contributed by atoms with Crippen LogP contribution in [-0.2, 0) is 0 Å². The molecule has 0 radical (unpaired) electrons. The van der Waals surface area contributed by atoms with Crippen molar-refractivity contribution in [2.45, 2.75) is 6.92 Å². The summed E-state index contributed by atoms with van der Waals surface area (Å²) in [6.45, 7) is 4.09. The highest BCUT2D eigenvalue weighted by atomic mass is 32.2. The molecule has 1 rings (SSSR count). The molecule has 2 nitrogen and oxygen atoms in total. The summed E-state index contributed by atoms with van der Waals surface area (Å²) in [5, 5.41) is 0. The third kappa shape index (κ3) is 1.17. The second kappa shape index (κ2) is 2.33. The summed E-state index contributed by atoms with van der Waals surface area (Å²) in [7, 11) is 0. The van der Waals surface area contributed by atoms with Gasteiger partial charge in [-0.1, -0.05) is 6.92 Å². The van der Waals surface area contributed by atoms with E-state index in [0.29, 0.717) is 0 Å². The Hall–Kier alpha value is -0.0200. The molecule has 1 heterocycles. The zero-order valence-electron chi connectivity index (χ0n) is 4.29. The summed E-state index contributed by atoms with van der Waals surface area (Å²) in [5.74, 6) is 0. The summed E-state index contributed by atoms with van der Waals surface area (Å²) in [6.07, 6.45) is 0. The van der Waals surface area contributed by atoms with E-state index in [1.54, 1.807) is 11.9 Å². The van der Waals surface area contributed by atoms with Gasteiger partial charge in [0, 0.05) is 6.54 Å². The first-order chi connectivity index (χ1) is 3.43. The molecule has 0 N–H and O–H groups in total. The minimum Gasteiger partial charge on any atom is -0.269 e. The Kier molecular flexibility index (Phi) is 1.70. The van der Waals surface area contributed by atoms with Gasteiger partial charge in [0.05, 0.1) is 5.55 Å². The van der Waals surface area contributed by atoms with Gasteiger partial charge in [0.15, 0.2) is 0 Å². The quantitative estimate of drug-likeness (QED) is 0.474. The standard InChI is InChI=1S/C4H8N2S/c1-2-6-3-5-4-7-6/h4H,2-3H2,1H3. The molecule has 0 saturated carbocycles. The fourth-order valence-corrected chi connectivity index (χ4v) is 0.981.